The third-order valence-electron chi connectivity index (χ3n) is 3.69. The zero-order chi connectivity index (χ0) is 16.9. The zero-order valence-electron chi connectivity index (χ0n) is 13.7. The summed E-state index contributed by atoms with van der Waals surface area (Å²) in [5.41, 5.74) is 3.25. The number of rotatable bonds is 6. The van der Waals surface area contributed by atoms with Crippen LogP contribution in [0.1, 0.15) is 25.0 Å². The molecule has 0 saturated heterocycles. The van der Waals surface area contributed by atoms with E-state index in [-0.39, 0.29) is 11.7 Å². The van der Waals surface area contributed by atoms with Crippen LogP contribution in [0.15, 0.2) is 41.8 Å². The Labute approximate surface area is 144 Å². The highest BCUT2D eigenvalue weighted by Crippen LogP contribution is 2.23. The number of benzene rings is 1. The van der Waals surface area contributed by atoms with Crippen molar-refractivity contribution in [2.75, 3.05) is 11.1 Å². The van der Waals surface area contributed by atoms with E-state index in [2.05, 4.69) is 46.4 Å². The molecule has 7 heteroatoms. The second-order valence-corrected chi connectivity index (χ2v) is 6.20. The number of fused-ring (bicyclic) bond motifs is 1. The van der Waals surface area contributed by atoms with Gasteiger partial charge in [0.15, 0.2) is 0 Å². The van der Waals surface area contributed by atoms with Crippen LogP contribution in [0.2, 0.25) is 0 Å². The van der Waals surface area contributed by atoms with Gasteiger partial charge in [0.1, 0.15) is 0 Å². The van der Waals surface area contributed by atoms with Crippen LogP contribution < -0.4 is 5.32 Å². The molecule has 0 aliphatic carbocycles. The van der Waals surface area contributed by atoms with Gasteiger partial charge in [-0.05, 0) is 30.0 Å². The van der Waals surface area contributed by atoms with Gasteiger partial charge in [0.2, 0.25) is 11.1 Å². The van der Waals surface area contributed by atoms with Crippen LogP contribution in [0, 0.1) is 0 Å². The number of nitrogens with zero attached hydrogens (tertiary/aromatic N) is 4. The number of thioether (sulfide) groups is 1. The fourth-order valence-electron chi connectivity index (χ4n) is 2.48. The predicted octanol–water partition coefficient (Wildman–Crippen LogP) is 2.98. The van der Waals surface area contributed by atoms with Crippen molar-refractivity contribution in [1.29, 1.82) is 0 Å². The van der Waals surface area contributed by atoms with Crippen molar-refractivity contribution in [2.45, 2.75) is 31.8 Å². The van der Waals surface area contributed by atoms with E-state index >= 15 is 0 Å². The summed E-state index contributed by atoms with van der Waals surface area (Å²) in [4.78, 5) is 20.7. The molecule has 0 aliphatic rings. The van der Waals surface area contributed by atoms with Gasteiger partial charge in [-0.25, -0.2) is 9.50 Å². The van der Waals surface area contributed by atoms with Gasteiger partial charge in [0.05, 0.1) is 5.75 Å². The number of para-hydroxylation sites is 1. The highest BCUT2D eigenvalue weighted by Gasteiger charge is 2.12. The first-order valence-corrected chi connectivity index (χ1v) is 8.90. The van der Waals surface area contributed by atoms with Crippen molar-refractivity contribution in [3.05, 3.63) is 47.8 Å². The van der Waals surface area contributed by atoms with Crippen LogP contribution in [-0.4, -0.2) is 31.2 Å². The minimum atomic E-state index is -0.0533. The quantitative estimate of drug-likeness (QED) is 0.698. The first kappa shape index (κ1) is 16.4. The number of hydrogen-bond donors (Lipinski definition) is 1. The smallest absolute Gasteiger partial charge is 0.253 e. The van der Waals surface area contributed by atoms with E-state index in [0.717, 1.165) is 29.7 Å². The number of anilines is 1. The summed E-state index contributed by atoms with van der Waals surface area (Å²) < 4.78 is 1.60. The van der Waals surface area contributed by atoms with E-state index in [1.165, 1.54) is 11.8 Å². The Balaban J connectivity index is 1.68. The highest BCUT2D eigenvalue weighted by molar-refractivity contribution is 7.99. The Morgan fingerprint density at radius 1 is 1.21 bits per heavy atom. The summed E-state index contributed by atoms with van der Waals surface area (Å²) in [6.07, 6.45) is 5.22. The number of carbonyl (C=O) groups excluding carboxylic acids is 1. The van der Waals surface area contributed by atoms with Crippen LogP contribution in [0.4, 0.5) is 5.69 Å². The lowest BCUT2D eigenvalue weighted by molar-refractivity contribution is -0.113. The predicted molar refractivity (Wildman–Crippen MR) is 95.3 cm³/mol. The van der Waals surface area contributed by atoms with Gasteiger partial charge in [-0.15, -0.1) is 5.10 Å². The van der Waals surface area contributed by atoms with Crippen molar-refractivity contribution in [2.24, 2.45) is 0 Å². The molecule has 0 aliphatic heterocycles. The van der Waals surface area contributed by atoms with Crippen molar-refractivity contribution in [1.82, 2.24) is 19.6 Å². The number of hydrogen-bond acceptors (Lipinski definition) is 5. The van der Waals surface area contributed by atoms with E-state index in [0.29, 0.717) is 10.9 Å². The molecule has 0 spiro atoms. The molecular weight excluding hydrogens is 322 g/mol. The molecule has 2 aromatic heterocycles. The van der Waals surface area contributed by atoms with Gasteiger partial charge >= 0.3 is 0 Å². The van der Waals surface area contributed by atoms with Gasteiger partial charge in [0, 0.05) is 18.1 Å². The number of amides is 1. The summed E-state index contributed by atoms with van der Waals surface area (Å²) >= 11 is 1.31. The number of aromatic nitrogens is 4. The van der Waals surface area contributed by atoms with Crippen LogP contribution in [0.3, 0.4) is 0 Å². The lowest BCUT2D eigenvalue weighted by Crippen LogP contribution is -2.16. The number of aryl methyl sites for hydroxylation is 2. The van der Waals surface area contributed by atoms with Crippen molar-refractivity contribution < 1.29 is 4.79 Å². The van der Waals surface area contributed by atoms with Crippen molar-refractivity contribution in [3.63, 3.8) is 0 Å². The van der Waals surface area contributed by atoms with Crippen LogP contribution in [0.5, 0.6) is 0 Å². The average molecular weight is 341 g/mol. The van der Waals surface area contributed by atoms with Crippen LogP contribution in [0.25, 0.3) is 5.78 Å². The van der Waals surface area contributed by atoms with E-state index in [9.17, 15) is 4.79 Å². The SMILES string of the molecule is CCc1cccc(CC)c1NC(=O)CSc1nc2ncccn2n1. The Kier molecular flexibility index (Phi) is 5.10. The molecule has 3 rings (SSSR count). The van der Waals surface area contributed by atoms with Gasteiger partial charge in [-0.2, -0.15) is 4.98 Å². The fourth-order valence-corrected chi connectivity index (χ4v) is 3.11. The standard InChI is InChI=1S/C17H19N5OS/c1-3-12-7-5-8-13(4-2)15(12)19-14(23)11-24-17-20-16-18-9-6-10-22(16)21-17/h5-10H,3-4,11H2,1-2H3,(H,19,23). The Morgan fingerprint density at radius 2 is 1.96 bits per heavy atom. The maximum absolute atomic E-state index is 12.3. The summed E-state index contributed by atoms with van der Waals surface area (Å²) in [5.74, 6) is 0.741. The highest BCUT2D eigenvalue weighted by atomic mass is 32.2. The molecule has 0 unspecified atom stereocenters. The Bertz CT molecular complexity index is 806. The van der Waals surface area contributed by atoms with Crippen LogP contribution >= 0.6 is 11.8 Å². The minimum absolute atomic E-state index is 0.0533. The van der Waals surface area contributed by atoms with Gasteiger partial charge < -0.3 is 5.32 Å². The first-order valence-electron chi connectivity index (χ1n) is 7.92. The molecular formula is C17H19N5OS. The molecule has 3 aromatic rings. The van der Waals surface area contributed by atoms with Gasteiger partial charge in [-0.1, -0.05) is 43.8 Å². The molecule has 0 saturated carbocycles. The molecule has 0 bridgehead atoms. The molecule has 124 valence electrons. The molecule has 0 radical (unpaired) electrons. The van der Waals surface area contributed by atoms with Crippen LogP contribution in [-0.2, 0) is 17.6 Å². The lowest BCUT2D eigenvalue weighted by atomic mass is 10.0. The largest absolute Gasteiger partial charge is 0.325 e. The molecule has 1 aromatic carbocycles. The van der Waals surface area contributed by atoms with Crippen molar-refractivity contribution in [3.8, 4) is 0 Å². The van der Waals surface area contributed by atoms with E-state index in [1.807, 2.05) is 6.07 Å². The monoisotopic (exact) mass is 341 g/mol. The number of carbonyl (C=O) groups is 1. The van der Waals surface area contributed by atoms with Gasteiger partial charge in [-0.3, -0.25) is 4.79 Å². The molecule has 0 fully saturated rings. The Morgan fingerprint density at radius 3 is 2.62 bits per heavy atom. The third-order valence-corrected chi connectivity index (χ3v) is 4.53. The third kappa shape index (κ3) is 3.56. The van der Waals surface area contributed by atoms with E-state index in [4.69, 9.17) is 0 Å². The molecule has 1 amide bonds. The summed E-state index contributed by atoms with van der Waals surface area (Å²) in [5, 5.41) is 7.88. The maximum Gasteiger partial charge on any atom is 0.253 e. The van der Waals surface area contributed by atoms with Crippen molar-refractivity contribution >= 4 is 29.1 Å². The second-order valence-electron chi connectivity index (χ2n) is 5.25. The second kappa shape index (κ2) is 7.44. The first-order chi connectivity index (χ1) is 11.7. The van der Waals surface area contributed by atoms with E-state index in [1.54, 1.807) is 23.0 Å². The van der Waals surface area contributed by atoms with E-state index < -0.39 is 0 Å². The molecule has 24 heavy (non-hydrogen) atoms. The Hall–Kier alpha value is -2.41. The summed E-state index contributed by atoms with van der Waals surface area (Å²) in [7, 11) is 0. The normalized spacial score (nSPS) is 10.9. The minimum Gasteiger partial charge on any atom is -0.325 e. The summed E-state index contributed by atoms with van der Waals surface area (Å²) in [6, 6.07) is 7.93. The number of nitrogens with one attached hydrogen (secondary N) is 1. The molecule has 6 nitrogen and oxygen atoms in total. The molecule has 2 heterocycles. The topological polar surface area (TPSA) is 72.2 Å². The average Bonchev–Trinajstić information content (AvgIpc) is 3.03. The maximum atomic E-state index is 12.3. The summed E-state index contributed by atoms with van der Waals surface area (Å²) in [6.45, 7) is 4.18. The molecule has 0 atom stereocenters. The van der Waals surface area contributed by atoms with Gasteiger partial charge in [0.25, 0.3) is 5.78 Å². The fraction of sp³-hybridized carbons (Fsp3) is 0.294. The molecule has 1 N–H and O–H groups in total. The lowest BCUT2D eigenvalue weighted by Gasteiger charge is -2.14. The zero-order valence-corrected chi connectivity index (χ0v) is 14.5.